The van der Waals surface area contributed by atoms with Gasteiger partial charge >= 0.3 is 5.97 Å². The second-order valence-corrected chi connectivity index (χ2v) is 11.1. The van der Waals surface area contributed by atoms with Gasteiger partial charge in [0.05, 0.1) is 18.3 Å². The van der Waals surface area contributed by atoms with Gasteiger partial charge in [0.25, 0.3) is 0 Å². The molecule has 0 aliphatic rings. The Hall–Kier alpha value is -3.63. The number of tetrazole rings is 1. The first-order chi connectivity index (χ1) is 20.9. The van der Waals surface area contributed by atoms with Crippen molar-refractivity contribution in [2.75, 3.05) is 13.2 Å². The van der Waals surface area contributed by atoms with Crippen LogP contribution in [0.4, 0.5) is 0 Å². The van der Waals surface area contributed by atoms with E-state index in [1.807, 2.05) is 30.3 Å². The molecule has 1 atom stereocenters. The van der Waals surface area contributed by atoms with Gasteiger partial charge in [-0.3, -0.25) is 0 Å². The Labute approximate surface area is 264 Å². The van der Waals surface area contributed by atoms with Gasteiger partial charge in [-0.15, -0.1) is 5.10 Å². The van der Waals surface area contributed by atoms with Crippen molar-refractivity contribution in [3.63, 3.8) is 0 Å². The first-order valence-corrected chi connectivity index (χ1v) is 15.2. The molecule has 2 heterocycles. The van der Waals surface area contributed by atoms with Gasteiger partial charge in [0.1, 0.15) is 18.1 Å². The Kier molecular flexibility index (Phi) is 10.2. The van der Waals surface area contributed by atoms with E-state index in [2.05, 4.69) is 32.7 Å². The maximum atomic E-state index is 13.2. The first-order valence-electron chi connectivity index (χ1n) is 14.1. The van der Waals surface area contributed by atoms with Crippen molar-refractivity contribution in [2.24, 2.45) is 0 Å². The predicted molar refractivity (Wildman–Crippen MR) is 169 cm³/mol. The molecule has 2 N–H and O–H groups in total. The molecule has 43 heavy (non-hydrogen) atoms. The second-order valence-electron chi connectivity index (χ2n) is 9.85. The number of benzene rings is 3. The number of carbonyl (C=O) groups excluding carboxylic acids is 1. The molecule has 0 amide bonds. The number of carbonyl (C=O) groups is 1. The number of fused-ring (bicyclic) bond motifs is 1. The van der Waals surface area contributed by atoms with Crippen molar-refractivity contribution >= 4 is 51.7 Å². The number of hydrogen-bond donors (Lipinski definition) is 2. The summed E-state index contributed by atoms with van der Waals surface area (Å²) in [6.07, 6.45) is 3.07. The van der Waals surface area contributed by atoms with Crippen molar-refractivity contribution < 1.29 is 14.3 Å². The topological polar surface area (TPSA) is 107 Å². The number of aromatic amines is 1. The zero-order chi connectivity index (χ0) is 30.3. The quantitative estimate of drug-likeness (QED) is 0.100. The highest BCUT2D eigenvalue weighted by Crippen LogP contribution is 2.34. The van der Waals surface area contributed by atoms with Gasteiger partial charge in [0, 0.05) is 37.1 Å². The molecule has 0 bridgehead atoms. The van der Waals surface area contributed by atoms with Crippen molar-refractivity contribution in [3.05, 3.63) is 98.4 Å². The van der Waals surface area contributed by atoms with Gasteiger partial charge in [-0.25, -0.2) is 4.79 Å². The van der Waals surface area contributed by atoms with Crippen molar-refractivity contribution in [3.8, 4) is 11.4 Å². The van der Waals surface area contributed by atoms with Gasteiger partial charge < -0.3 is 19.8 Å². The average molecular weight is 642 g/mol. The monoisotopic (exact) mass is 640 g/mol. The molecule has 5 aromatic rings. The van der Waals surface area contributed by atoms with Crippen LogP contribution >= 0.6 is 34.8 Å². The fourth-order valence-corrected chi connectivity index (χ4v) is 5.55. The lowest BCUT2D eigenvalue weighted by Crippen LogP contribution is -2.28. The Balaban J connectivity index is 1.50. The summed E-state index contributed by atoms with van der Waals surface area (Å²) in [5, 5.41) is 18.8. The zero-order valence-corrected chi connectivity index (χ0v) is 26.0. The molecule has 3 aromatic carbocycles. The van der Waals surface area contributed by atoms with E-state index in [4.69, 9.17) is 44.3 Å². The highest BCUT2D eigenvalue weighted by molar-refractivity contribution is 6.36. The Morgan fingerprint density at radius 3 is 2.51 bits per heavy atom. The summed E-state index contributed by atoms with van der Waals surface area (Å²) in [5.41, 5.74) is 3.15. The number of halogens is 3. The maximum absolute atomic E-state index is 13.2. The minimum Gasteiger partial charge on any atom is -0.489 e. The van der Waals surface area contributed by atoms with Crippen LogP contribution in [-0.2, 0) is 11.3 Å². The molecule has 1 unspecified atom stereocenters. The van der Waals surface area contributed by atoms with Gasteiger partial charge in [-0.1, -0.05) is 66.7 Å². The summed E-state index contributed by atoms with van der Waals surface area (Å²) in [5.74, 6) is 0.667. The Bertz CT molecular complexity index is 1680. The molecule has 0 saturated carbocycles. The number of H-pyrrole nitrogens is 1. The summed E-state index contributed by atoms with van der Waals surface area (Å²) in [6, 6.07) is 17.6. The van der Waals surface area contributed by atoms with E-state index in [9.17, 15) is 4.79 Å². The number of nitrogens with zero attached hydrogens (tertiary/aromatic N) is 4. The molecule has 0 saturated heterocycles. The molecule has 224 valence electrons. The summed E-state index contributed by atoms with van der Waals surface area (Å²) in [6.45, 7) is 5.06. The third-order valence-electron chi connectivity index (χ3n) is 6.98. The van der Waals surface area contributed by atoms with E-state index in [-0.39, 0.29) is 13.2 Å². The SMILES string of the molecule is CCCCCNC(c1c(C(=O)OCC)[nH]c2cc(Cl)ccc12)c1nnnn1-c1ccc(OCc2c(Cl)cccc2Cl)cc1. The third-order valence-corrected chi connectivity index (χ3v) is 7.92. The van der Waals surface area contributed by atoms with E-state index in [1.54, 1.807) is 41.9 Å². The first kappa shape index (κ1) is 30.8. The highest BCUT2D eigenvalue weighted by atomic mass is 35.5. The van der Waals surface area contributed by atoms with E-state index in [0.29, 0.717) is 61.2 Å². The van der Waals surface area contributed by atoms with Crippen LogP contribution in [0, 0.1) is 0 Å². The van der Waals surface area contributed by atoms with Crippen LogP contribution in [0.2, 0.25) is 15.1 Å². The molecular weight excluding hydrogens is 611 g/mol. The van der Waals surface area contributed by atoms with Gasteiger partial charge in [-0.05, 0) is 78.8 Å². The minimum absolute atomic E-state index is 0.221. The van der Waals surface area contributed by atoms with Crippen LogP contribution in [0.3, 0.4) is 0 Å². The largest absolute Gasteiger partial charge is 0.489 e. The number of unbranched alkanes of at least 4 members (excludes halogenated alkanes) is 2. The van der Waals surface area contributed by atoms with Crippen LogP contribution in [0.15, 0.2) is 60.7 Å². The van der Waals surface area contributed by atoms with Gasteiger partial charge in [-0.2, -0.15) is 4.68 Å². The number of esters is 1. The smallest absolute Gasteiger partial charge is 0.355 e. The van der Waals surface area contributed by atoms with Crippen LogP contribution in [0.5, 0.6) is 5.75 Å². The second kappa shape index (κ2) is 14.2. The van der Waals surface area contributed by atoms with Crippen molar-refractivity contribution in [2.45, 2.75) is 45.8 Å². The molecule has 0 spiro atoms. The van der Waals surface area contributed by atoms with E-state index in [1.165, 1.54) is 0 Å². The number of nitrogens with one attached hydrogen (secondary N) is 2. The lowest BCUT2D eigenvalue weighted by Gasteiger charge is -2.20. The van der Waals surface area contributed by atoms with Crippen LogP contribution in [0.25, 0.3) is 16.6 Å². The van der Waals surface area contributed by atoms with Crippen molar-refractivity contribution in [1.82, 2.24) is 30.5 Å². The average Bonchev–Trinajstić information content (AvgIpc) is 3.63. The molecular formula is C31H31Cl3N6O3. The van der Waals surface area contributed by atoms with E-state index >= 15 is 0 Å². The molecule has 0 radical (unpaired) electrons. The number of rotatable bonds is 13. The molecule has 0 aliphatic heterocycles. The fraction of sp³-hybridized carbons (Fsp3) is 0.290. The summed E-state index contributed by atoms with van der Waals surface area (Å²) in [7, 11) is 0. The summed E-state index contributed by atoms with van der Waals surface area (Å²) < 4.78 is 13.0. The molecule has 12 heteroatoms. The highest BCUT2D eigenvalue weighted by Gasteiger charge is 2.30. The summed E-state index contributed by atoms with van der Waals surface area (Å²) in [4.78, 5) is 16.4. The Morgan fingerprint density at radius 1 is 1.02 bits per heavy atom. The normalized spacial score (nSPS) is 12.0. The van der Waals surface area contributed by atoms with E-state index < -0.39 is 12.0 Å². The summed E-state index contributed by atoms with van der Waals surface area (Å²) >= 11 is 18.9. The Morgan fingerprint density at radius 2 is 1.79 bits per heavy atom. The molecule has 9 nitrogen and oxygen atoms in total. The third kappa shape index (κ3) is 6.96. The fourth-order valence-electron chi connectivity index (χ4n) is 4.87. The van der Waals surface area contributed by atoms with Gasteiger partial charge in [0.2, 0.25) is 0 Å². The lowest BCUT2D eigenvalue weighted by molar-refractivity contribution is 0.0518. The van der Waals surface area contributed by atoms with Crippen LogP contribution in [0.1, 0.15) is 66.6 Å². The molecule has 0 aliphatic carbocycles. The number of hydrogen-bond acceptors (Lipinski definition) is 7. The number of ether oxygens (including phenoxy) is 2. The van der Waals surface area contributed by atoms with Crippen molar-refractivity contribution in [1.29, 1.82) is 0 Å². The molecule has 0 fully saturated rings. The van der Waals surface area contributed by atoms with E-state index in [0.717, 1.165) is 24.6 Å². The maximum Gasteiger partial charge on any atom is 0.355 e. The lowest BCUT2D eigenvalue weighted by atomic mass is 10.0. The predicted octanol–water partition coefficient (Wildman–Crippen LogP) is 7.73. The standard InChI is InChI=1S/C31H31Cl3N6O3/c1-3-5-6-16-35-28(27-22-15-10-19(32)17-26(22)36-29(27)31(41)42-4-2)30-37-38-39-40(30)20-11-13-21(14-12-20)43-18-23-24(33)8-7-9-25(23)34/h7-15,17,28,35-36H,3-6,16,18H2,1-2H3. The molecule has 5 rings (SSSR count). The number of aromatic nitrogens is 5. The van der Waals surface area contributed by atoms with Crippen LogP contribution in [-0.4, -0.2) is 44.3 Å². The zero-order valence-electron chi connectivity index (χ0n) is 23.7. The van der Waals surface area contributed by atoms with Gasteiger partial charge in [0.15, 0.2) is 5.82 Å². The minimum atomic E-state index is -0.542. The molecule has 2 aromatic heterocycles. The van der Waals surface area contributed by atoms with Crippen LogP contribution < -0.4 is 10.1 Å².